The molecule has 0 saturated heterocycles. The van der Waals surface area contributed by atoms with Crippen LogP contribution in [0.5, 0.6) is 0 Å². The molecule has 0 fully saturated rings. The van der Waals surface area contributed by atoms with Gasteiger partial charge in [-0.15, -0.1) is 0 Å². The first kappa shape index (κ1) is 24.3. The molecular formula is C16H36F2NO2P. The molecular weight excluding hydrogens is 307 g/mol. The van der Waals surface area contributed by atoms with E-state index in [-0.39, 0.29) is 0 Å². The van der Waals surface area contributed by atoms with Gasteiger partial charge in [-0.05, 0) is 25.7 Å². The van der Waals surface area contributed by atoms with Crippen molar-refractivity contribution in [2.75, 3.05) is 26.2 Å². The Labute approximate surface area is 136 Å². The van der Waals surface area contributed by atoms with Gasteiger partial charge in [-0.1, -0.05) is 53.4 Å². The van der Waals surface area contributed by atoms with Crippen LogP contribution in [0.3, 0.4) is 0 Å². The molecule has 0 spiro atoms. The maximum atomic E-state index is 10.0. The van der Waals surface area contributed by atoms with Gasteiger partial charge in [0.05, 0.1) is 26.2 Å². The Morgan fingerprint density at radius 2 is 0.909 bits per heavy atom. The van der Waals surface area contributed by atoms with Gasteiger partial charge in [-0.25, -0.2) is 0 Å². The van der Waals surface area contributed by atoms with Crippen molar-refractivity contribution in [2.24, 2.45) is 0 Å². The van der Waals surface area contributed by atoms with Crippen LogP contribution in [0.25, 0.3) is 0 Å². The van der Waals surface area contributed by atoms with Crippen LogP contribution in [0.15, 0.2) is 0 Å². The molecule has 0 aromatic carbocycles. The molecule has 3 nitrogen and oxygen atoms in total. The zero-order valence-corrected chi connectivity index (χ0v) is 15.8. The van der Waals surface area contributed by atoms with Gasteiger partial charge in [0.15, 0.2) is 0 Å². The maximum absolute atomic E-state index is 10.0. The van der Waals surface area contributed by atoms with Crippen molar-refractivity contribution in [2.45, 2.75) is 79.1 Å². The monoisotopic (exact) mass is 343 g/mol. The molecule has 0 N–H and O–H groups in total. The second kappa shape index (κ2) is 14.6. The minimum Gasteiger partial charge on any atom is -0.749 e. The minimum atomic E-state index is -5.89. The predicted molar refractivity (Wildman–Crippen MR) is 89.2 cm³/mol. The third kappa shape index (κ3) is 18.1. The Kier molecular flexibility index (Phi) is 16.1. The predicted octanol–water partition coefficient (Wildman–Crippen LogP) is 5.40. The Morgan fingerprint density at radius 1 is 0.727 bits per heavy atom. The van der Waals surface area contributed by atoms with Crippen molar-refractivity contribution in [3.05, 3.63) is 0 Å². The zero-order valence-electron chi connectivity index (χ0n) is 15.0. The first-order valence-electron chi connectivity index (χ1n) is 8.80. The molecule has 22 heavy (non-hydrogen) atoms. The van der Waals surface area contributed by atoms with E-state index in [0.717, 1.165) is 0 Å². The summed E-state index contributed by atoms with van der Waals surface area (Å²) >= 11 is 0. The first-order chi connectivity index (χ1) is 10.2. The van der Waals surface area contributed by atoms with Crippen LogP contribution in [-0.2, 0) is 4.57 Å². The van der Waals surface area contributed by atoms with E-state index < -0.39 is 7.99 Å². The average molecular weight is 343 g/mol. The van der Waals surface area contributed by atoms with E-state index in [1.54, 1.807) is 0 Å². The number of rotatable bonds is 12. The number of nitrogens with zero attached hydrogens (tertiary/aromatic N) is 1. The van der Waals surface area contributed by atoms with Crippen LogP contribution < -0.4 is 4.89 Å². The molecule has 136 valence electrons. The summed E-state index contributed by atoms with van der Waals surface area (Å²) in [6.07, 6.45) is 11.1. The fraction of sp³-hybridized carbons (Fsp3) is 1.00. The highest BCUT2D eigenvalue weighted by Gasteiger charge is 2.24. The van der Waals surface area contributed by atoms with E-state index in [1.165, 1.54) is 82.0 Å². The van der Waals surface area contributed by atoms with Crippen molar-refractivity contribution in [1.29, 1.82) is 0 Å². The van der Waals surface area contributed by atoms with Gasteiger partial charge in [-0.2, -0.15) is 8.39 Å². The van der Waals surface area contributed by atoms with Crippen LogP contribution in [0.4, 0.5) is 8.39 Å². The molecule has 0 unspecified atom stereocenters. The lowest BCUT2D eigenvalue weighted by atomic mass is 10.1. The number of hydrogen-bond donors (Lipinski definition) is 0. The molecule has 6 heteroatoms. The first-order valence-corrected chi connectivity index (χ1v) is 10.2. The quantitative estimate of drug-likeness (QED) is 0.352. The fourth-order valence-corrected chi connectivity index (χ4v) is 2.64. The van der Waals surface area contributed by atoms with Crippen LogP contribution in [0, 0.1) is 0 Å². The summed E-state index contributed by atoms with van der Waals surface area (Å²) in [6.45, 7) is 15.0. The molecule has 0 heterocycles. The summed E-state index contributed by atoms with van der Waals surface area (Å²) in [5.41, 5.74) is 0. The van der Waals surface area contributed by atoms with Gasteiger partial charge < -0.3 is 9.38 Å². The molecule has 0 rings (SSSR count). The van der Waals surface area contributed by atoms with E-state index in [9.17, 15) is 8.39 Å². The van der Waals surface area contributed by atoms with Crippen LogP contribution in [0.2, 0.25) is 0 Å². The van der Waals surface area contributed by atoms with Gasteiger partial charge in [0, 0.05) is 0 Å². The summed E-state index contributed by atoms with van der Waals surface area (Å²) in [6, 6.07) is 0. The topological polar surface area (TPSA) is 40.1 Å². The molecule has 0 amide bonds. The lowest BCUT2D eigenvalue weighted by Crippen LogP contribution is -2.50. The molecule has 0 atom stereocenters. The zero-order chi connectivity index (χ0) is 17.5. The Bertz CT molecular complexity index is 240. The number of quaternary nitrogens is 1. The van der Waals surface area contributed by atoms with Crippen LogP contribution in [0.1, 0.15) is 79.1 Å². The fourth-order valence-electron chi connectivity index (χ4n) is 2.64. The standard InChI is InChI=1S/C16H36N.F2HO2P/c1-5-9-13-17(14-10-6-2,15-11-7-3)16-12-8-4;1-5(2,3)4/h5-16H2,1-4H3;(H,3,4)/q+1;/p-1. The highest BCUT2D eigenvalue weighted by atomic mass is 31.2. The van der Waals surface area contributed by atoms with Crippen molar-refractivity contribution in [3.8, 4) is 0 Å². The molecule has 0 aliphatic heterocycles. The van der Waals surface area contributed by atoms with E-state index in [2.05, 4.69) is 27.7 Å². The number of hydrogen-bond acceptors (Lipinski definition) is 2. The van der Waals surface area contributed by atoms with Crippen molar-refractivity contribution < 1.29 is 22.3 Å². The van der Waals surface area contributed by atoms with E-state index >= 15 is 0 Å². The van der Waals surface area contributed by atoms with E-state index in [1.807, 2.05) is 0 Å². The Morgan fingerprint density at radius 3 is 1.05 bits per heavy atom. The summed E-state index contributed by atoms with van der Waals surface area (Å²) < 4.78 is 29.8. The third-order valence-corrected chi connectivity index (χ3v) is 3.94. The Balaban J connectivity index is 0. The van der Waals surface area contributed by atoms with E-state index in [0.29, 0.717) is 0 Å². The van der Waals surface area contributed by atoms with Crippen molar-refractivity contribution in [1.82, 2.24) is 0 Å². The van der Waals surface area contributed by atoms with Gasteiger partial charge in [0.25, 0.3) is 0 Å². The van der Waals surface area contributed by atoms with Crippen molar-refractivity contribution in [3.63, 3.8) is 0 Å². The average Bonchev–Trinajstić information content (AvgIpc) is 2.44. The van der Waals surface area contributed by atoms with Gasteiger partial charge in [0.2, 0.25) is 0 Å². The highest BCUT2D eigenvalue weighted by Crippen LogP contribution is 2.37. The normalized spacial score (nSPS) is 12.0. The smallest absolute Gasteiger partial charge is 0.345 e. The van der Waals surface area contributed by atoms with Gasteiger partial charge >= 0.3 is 7.99 Å². The van der Waals surface area contributed by atoms with Crippen LogP contribution >= 0.6 is 7.99 Å². The second-order valence-corrected chi connectivity index (χ2v) is 6.89. The van der Waals surface area contributed by atoms with Crippen molar-refractivity contribution >= 4 is 7.99 Å². The number of unbranched alkanes of at least 4 members (excludes halogenated alkanes) is 4. The molecule has 0 saturated carbocycles. The SMILES string of the molecule is CCCC[N+](CCCC)(CCCC)CCCC.O=P([O-])(F)F. The highest BCUT2D eigenvalue weighted by molar-refractivity contribution is 7.44. The molecule has 0 aromatic heterocycles. The summed E-state index contributed by atoms with van der Waals surface area (Å²) in [5.74, 6) is 0. The number of halogens is 2. The largest absolute Gasteiger partial charge is 0.749 e. The van der Waals surface area contributed by atoms with Gasteiger partial charge in [0.1, 0.15) is 0 Å². The minimum absolute atomic E-state index is 1.35. The molecule has 0 aliphatic rings. The third-order valence-electron chi connectivity index (χ3n) is 3.94. The van der Waals surface area contributed by atoms with Crippen LogP contribution in [-0.4, -0.2) is 30.7 Å². The summed E-state index contributed by atoms with van der Waals surface area (Å²) in [5, 5.41) is 0. The van der Waals surface area contributed by atoms with E-state index in [4.69, 9.17) is 9.46 Å². The molecule has 0 bridgehead atoms. The maximum Gasteiger partial charge on any atom is 0.345 e. The molecule has 0 aliphatic carbocycles. The van der Waals surface area contributed by atoms with Gasteiger partial charge in [-0.3, -0.25) is 4.57 Å². The summed E-state index contributed by atoms with van der Waals surface area (Å²) in [4.78, 5) is 8.33. The molecule has 0 aromatic rings. The lowest BCUT2D eigenvalue weighted by molar-refractivity contribution is -0.929. The molecule has 0 radical (unpaired) electrons. The summed E-state index contributed by atoms with van der Waals surface area (Å²) in [7, 11) is -5.89. The lowest BCUT2D eigenvalue weighted by Gasteiger charge is -2.39. The second-order valence-electron chi connectivity index (χ2n) is 6.06. The Hall–Kier alpha value is 0.01000.